The Kier molecular flexibility index (Phi) is 6.59. The summed E-state index contributed by atoms with van der Waals surface area (Å²) in [6.07, 6.45) is 0. The monoisotopic (exact) mass is 709 g/mol. The molecule has 0 bridgehead atoms. The number of hydrogen-bond donors (Lipinski definition) is 0. The Hall–Kier alpha value is -5.96. The van der Waals surface area contributed by atoms with Crippen LogP contribution in [0.4, 0.5) is 17.1 Å². The quantitative estimate of drug-likeness (QED) is 0.176. The highest BCUT2D eigenvalue weighted by Crippen LogP contribution is 2.58. The van der Waals surface area contributed by atoms with Crippen LogP contribution in [-0.4, -0.2) is 0 Å². The van der Waals surface area contributed by atoms with Gasteiger partial charge in [-0.3, -0.25) is 0 Å². The van der Waals surface area contributed by atoms with Crippen molar-refractivity contribution in [3.63, 3.8) is 0 Å². The van der Waals surface area contributed by atoms with Gasteiger partial charge >= 0.3 is 0 Å². The second kappa shape index (κ2) is 11.3. The van der Waals surface area contributed by atoms with E-state index in [1.165, 1.54) is 98.0 Å². The molecule has 1 heterocycles. The molecule has 0 saturated heterocycles. The molecule has 1 aromatic heterocycles. The Morgan fingerprint density at radius 3 is 1.63 bits per heavy atom. The van der Waals surface area contributed by atoms with Crippen molar-refractivity contribution >= 4 is 59.3 Å². The highest BCUT2D eigenvalue weighted by Gasteiger charge is 2.40. The second-order valence-corrected chi connectivity index (χ2v) is 17.2. The molecule has 54 heavy (non-hydrogen) atoms. The first-order chi connectivity index (χ1) is 26.3. The molecule has 0 saturated carbocycles. The predicted octanol–water partition coefficient (Wildman–Crippen LogP) is 15.0. The van der Waals surface area contributed by atoms with Crippen LogP contribution in [-0.2, 0) is 10.8 Å². The molecule has 0 radical (unpaired) electrons. The van der Waals surface area contributed by atoms with Crippen molar-refractivity contribution in [2.45, 2.75) is 38.5 Å². The van der Waals surface area contributed by atoms with Gasteiger partial charge in [0, 0.05) is 47.8 Å². The molecule has 1 nitrogen and oxygen atoms in total. The molecule has 0 aliphatic heterocycles. The number of fused-ring (bicyclic) bond motifs is 11. The average molecular weight is 710 g/mol. The fourth-order valence-corrected chi connectivity index (χ4v) is 11.0. The standard InChI is InChI=1S/C52H39NS/c1-51(2)41-17-9-7-15-38(41)48-43(51)19-11-21-45(48)53(46-22-12-20-44-49(46)39-16-8-10-18-42(39)52(44,3)4)35-27-23-32(24-28-35)34-26-30-47-40(31-34)37-29-25-33-13-5-6-14-36(33)50(37)54-47/h5-31H,1-4H3. The summed E-state index contributed by atoms with van der Waals surface area (Å²) in [6.45, 7) is 9.48. The maximum absolute atomic E-state index is 2.54. The smallest absolute Gasteiger partial charge is 0.0543 e. The first-order valence-electron chi connectivity index (χ1n) is 19.0. The Morgan fingerprint density at radius 2 is 0.981 bits per heavy atom. The normalized spacial score (nSPS) is 14.6. The minimum absolute atomic E-state index is 0.0958. The largest absolute Gasteiger partial charge is 0.309 e. The van der Waals surface area contributed by atoms with Gasteiger partial charge in [-0.25, -0.2) is 0 Å². The van der Waals surface area contributed by atoms with Crippen LogP contribution in [0.1, 0.15) is 49.9 Å². The minimum atomic E-state index is -0.0958. The van der Waals surface area contributed by atoms with Gasteiger partial charge in [0.1, 0.15) is 0 Å². The third kappa shape index (κ3) is 4.32. The molecule has 0 atom stereocenters. The lowest BCUT2D eigenvalue weighted by molar-refractivity contribution is 0.660. The van der Waals surface area contributed by atoms with Gasteiger partial charge < -0.3 is 4.90 Å². The number of anilines is 3. The minimum Gasteiger partial charge on any atom is -0.309 e. The molecule has 9 aromatic rings. The van der Waals surface area contributed by atoms with E-state index in [0.29, 0.717) is 0 Å². The third-order valence-corrected chi connectivity index (χ3v) is 13.7. The van der Waals surface area contributed by atoms with Gasteiger partial charge in [0.25, 0.3) is 0 Å². The van der Waals surface area contributed by atoms with Crippen LogP contribution in [0, 0.1) is 0 Å². The van der Waals surface area contributed by atoms with E-state index in [1.54, 1.807) is 0 Å². The second-order valence-electron chi connectivity index (χ2n) is 16.1. The van der Waals surface area contributed by atoms with Crippen LogP contribution < -0.4 is 4.90 Å². The lowest BCUT2D eigenvalue weighted by Crippen LogP contribution is -2.17. The van der Waals surface area contributed by atoms with Gasteiger partial charge in [-0.15, -0.1) is 11.3 Å². The zero-order valence-electron chi connectivity index (χ0n) is 30.9. The first-order valence-corrected chi connectivity index (χ1v) is 19.8. The molecule has 8 aromatic carbocycles. The Labute approximate surface area is 320 Å². The summed E-state index contributed by atoms with van der Waals surface area (Å²) in [4.78, 5) is 2.54. The summed E-state index contributed by atoms with van der Waals surface area (Å²) in [7, 11) is 0. The van der Waals surface area contributed by atoms with Crippen LogP contribution in [0.3, 0.4) is 0 Å². The van der Waals surface area contributed by atoms with E-state index in [0.717, 1.165) is 5.69 Å². The van der Waals surface area contributed by atoms with E-state index in [-0.39, 0.29) is 10.8 Å². The maximum Gasteiger partial charge on any atom is 0.0543 e. The fourth-order valence-electron chi connectivity index (χ4n) is 9.74. The van der Waals surface area contributed by atoms with Gasteiger partial charge in [-0.2, -0.15) is 0 Å². The van der Waals surface area contributed by atoms with E-state index in [4.69, 9.17) is 0 Å². The number of rotatable bonds is 4. The number of hydrogen-bond acceptors (Lipinski definition) is 2. The molecular weight excluding hydrogens is 671 g/mol. The van der Waals surface area contributed by atoms with Crippen molar-refractivity contribution in [1.82, 2.24) is 0 Å². The molecule has 0 N–H and O–H groups in total. The molecule has 2 heteroatoms. The summed E-state index contributed by atoms with van der Waals surface area (Å²) in [6, 6.07) is 61.4. The Bertz CT molecular complexity index is 2890. The SMILES string of the molecule is CC1(C)c2ccccc2-c2c(N(c3ccc(-c4ccc5sc6c7ccccc7ccc6c5c4)cc3)c3cccc4c3-c3ccccc3C4(C)C)cccc21. The van der Waals surface area contributed by atoms with Crippen molar-refractivity contribution in [1.29, 1.82) is 0 Å². The summed E-state index contributed by atoms with van der Waals surface area (Å²) in [5.41, 5.74) is 16.7. The van der Waals surface area contributed by atoms with Crippen LogP contribution in [0.2, 0.25) is 0 Å². The van der Waals surface area contributed by atoms with Crippen LogP contribution in [0.5, 0.6) is 0 Å². The molecule has 258 valence electrons. The zero-order valence-corrected chi connectivity index (χ0v) is 31.8. The molecule has 0 unspecified atom stereocenters. The molecule has 2 aliphatic rings. The first kappa shape index (κ1) is 31.6. The summed E-state index contributed by atoms with van der Waals surface area (Å²) >= 11 is 1.90. The highest BCUT2D eigenvalue weighted by molar-refractivity contribution is 7.26. The van der Waals surface area contributed by atoms with Gasteiger partial charge in [-0.1, -0.05) is 155 Å². The molecule has 0 fully saturated rings. The molecule has 0 spiro atoms. The summed E-state index contributed by atoms with van der Waals surface area (Å²) < 4.78 is 2.70. The average Bonchev–Trinajstić information content (AvgIpc) is 3.79. The van der Waals surface area contributed by atoms with Crippen LogP contribution >= 0.6 is 11.3 Å². The van der Waals surface area contributed by atoms with Gasteiger partial charge in [0.2, 0.25) is 0 Å². The molecule has 11 rings (SSSR count). The highest BCUT2D eigenvalue weighted by atomic mass is 32.1. The lowest BCUT2D eigenvalue weighted by atomic mass is 9.82. The molecule has 2 aliphatic carbocycles. The van der Waals surface area contributed by atoms with Gasteiger partial charge in [0.05, 0.1) is 11.4 Å². The fraction of sp³-hybridized carbons (Fsp3) is 0.115. The van der Waals surface area contributed by atoms with Crippen LogP contribution in [0.15, 0.2) is 164 Å². The third-order valence-electron chi connectivity index (χ3n) is 12.5. The van der Waals surface area contributed by atoms with Crippen molar-refractivity contribution in [2.24, 2.45) is 0 Å². The van der Waals surface area contributed by atoms with E-state index < -0.39 is 0 Å². The van der Waals surface area contributed by atoms with E-state index in [9.17, 15) is 0 Å². The predicted molar refractivity (Wildman–Crippen MR) is 232 cm³/mol. The van der Waals surface area contributed by atoms with E-state index >= 15 is 0 Å². The summed E-state index contributed by atoms with van der Waals surface area (Å²) in [5, 5.41) is 5.29. The van der Waals surface area contributed by atoms with Crippen LogP contribution in [0.25, 0.3) is 64.3 Å². The van der Waals surface area contributed by atoms with E-state index in [2.05, 4.69) is 196 Å². The number of nitrogens with zero attached hydrogens (tertiary/aromatic N) is 1. The number of benzene rings is 8. The Morgan fingerprint density at radius 1 is 0.426 bits per heavy atom. The van der Waals surface area contributed by atoms with Gasteiger partial charge in [0.15, 0.2) is 0 Å². The Balaban J connectivity index is 1.11. The van der Waals surface area contributed by atoms with Crippen molar-refractivity contribution in [3.05, 3.63) is 186 Å². The van der Waals surface area contributed by atoms with E-state index in [1.807, 2.05) is 11.3 Å². The molecular formula is C52H39NS. The topological polar surface area (TPSA) is 3.24 Å². The zero-order chi connectivity index (χ0) is 36.3. The van der Waals surface area contributed by atoms with Crippen molar-refractivity contribution in [2.75, 3.05) is 4.90 Å². The molecule has 0 amide bonds. The lowest BCUT2D eigenvalue weighted by Gasteiger charge is -2.31. The number of thiophene rings is 1. The van der Waals surface area contributed by atoms with Crippen molar-refractivity contribution in [3.8, 4) is 33.4 Å². The van der Waals surface area contributed by atoms with Gasteiger partial charge in [-0.05, 0) is 91.7 Å². The maximum atomic E-state index is 2.54. The van der Waals surface area contributed by atoms with Crippen molar-refractivity contribution < 1.29 is 0 Å². The summed E-state index contributed by atoms with van der Waals surface area (Å²) in [5.74, 6) is 0.